The number of benzene rings is 1. The monoisotopic (exact) mass is 247 g/mol. The highest BCUT2D eigenvalue weighted by atomic mass is 19.3. The number of aliphatic hydroxyl groups is 1. The second-order valence-corrected chi connectivity index (χ2v) is 3.50. The van der Waals surface area contributed by atoms with E-state index in [0.29, 0.717) is 5.75 Å². The van der Waals surface area contributed by atoms with Crippen molar-refractivity contribution in [3.63, 3.8) is 0 Å². The topological polar surface area (TPSA) is 64.7 Å². The lowest BCUT2D eigenvalue weighted by atomic mass is 10.0. The molecule has 0 amide bonds. The predicted octanol–water partition coefficient (Wildman–Crippen LogP) is 1.33. The van der Waals surface area contributed by atoms with Gasteiger partial charge in [0.05, 0.1) is 14.2 Å². The van der Waals surface area contributed by atoms with E-state index in [1.807, 2.05) is 0 Å². The Balaban J connectivity index is 3.13. The normalized spacial score (nSPS) is 13.3. The minimum absolute atomic E-state index is 0.118. The van der Waals surface area contributed by atoms with Crippen LogP contribution in [-0.2, 0) is 0 Å². The Morgan fingerprint density at radius 1 is 1.35 bits per heavy atom. The van der Waals surface area contributed by atoms with Gasteiger partial charge in [-0.3, -0.25) is 0 Å². The summed E-state index contributed by atoms with van der Waals surface area (Å²) in [5, 5.41) is 8.59. The molecule has 1 aromatic rings. The van der Waals surface area contributed by atoms with Gasteiger partial charge in [0, 0.05) is 11.6 Å². The quantitative estimate of drug-likeness (QED) is 0.824. The second-order valence-electron chi connectivity index (χ2n) is 3.50. The summed E-state index contributed by atoms with van der Waals surface area (Å²) in [5.74, 6) is -2.72. The summed E-state index contributed by atoms with van der Waals surface area (Å²) < 4.78 is 36.5. The number of rotatable bonds is 5. The van der Waals surface area contributed by atoms with E-state index < -0.39 is 18.6 Å². The molecule has 0 aliphatic carbocycles. The number of hydrogen-bond donors (Lipinski definition) is 2. The van der Waals surface area contributed by atoms with Crippen LogP contribution in [0.1, 0.15) is 11.6 Å². The summed E-state index contributed by atoms with van der Waals surface area (Å²) >= 11 is 0. The van der Waals surface area contributed by atoms with Crippen LogP contribution in [0.5, 0.6) is 11.5 Å². The highest BCUT2D eigenvalue weighted by Crippen LogP contribution is 2.35. The van der Waals surface area contributed by atoms with Gasteiger partial charge in [0.1, 0.15) is 24.1 Å². The Kier molecular flexibility index (Phi) is 4.25. The van der Waals surface area contributed by atoms with Gasteiger partial charge in [-0.25, -0.2) is 8.78 Å². The van der Waals surface area contributed by atoms with Gasteiger partial charge in [-0.05, 0) is 12.1 Å². The van der Waals surface area contributed by atoms with Gasteiger partial charge in [0.2, 0.25) is 0 Å². The summed E-state index contributed by atoms with van der Waals surface area (Å²) in [6, 6.07) is 2.73. The highest BCUT2D eigenvalue weighted by molar-refractivity contribution is 5.43. The highest BCUT2D eigenvalue weighted by Gasteiger charge is 2.38. The van der Waals surface area contributed by atoms with E-state index in [4.69, 9.17) is 20.3 Å². The van der Waals surface area contributed by atoms with Crippen molar-refractivity contribution in [2.24, 2.45) is 5.73 Å². The van der Waals surface area contributed by atoms with Crippen molar-refractivity contribution in [3.8, 4) is 11.5 Å². The Morgan fingerprint density at radius 2 is 2.00 bits per heavy atom. The molecule has 6 heteroatoms. The van der Waals surface area contributed by atoms with Crippen molar-refractivity contribution < 1.29 is 23.4 Å². The fraction of sp³-hybridized carbons (Fsp3) is 0.455. The maximum Gasteiger partial charge on any atom is 0.289 e. The molecule has 96 valence electrons. The third kappa shape index (κ3) is 2.83. The van der Waals surface area contributed by atoms with E-state index >= 15 is 0 Å². The number of aliphatic hydroxyl groups excluding tert-OH is 1. The van der Waals surface area contributed by atoms with Crippen LogP contribution in [0.25, 0.3) is 0 Å². The van der Waals surface area contributed by atoms with Crippen LogP contribution in [0.3, 0.4) is 0 Å². The van der Waals surface area contributed by atoms with Crippen LogP contribution in [0.2, 0.25) is 0 Å². The molecule has 17 heavy (non-hydrogen) atoms. The summed E-state index contributed by atoms with van der Waals surface area (Å²) in [5.41, 5.74) is 5.54. The second kappa shape index (κ2) is 5.29. The van der Waals surface area contributed by atoms with E-state index in [1.54, 1.807) is 0 Å². The molecule has 1 rings (SSSR count). The smallest absolute Gasteiger partial charge is 0.289 e. The summed E-state index contributed by atoms with van der Waals surface area (Å²) in [6.07, 6.45) is 0. The molecule has 0 aromatic heterocycles. The molecule has 3 N–H and O–H groups in total. The number of alkyl halides is 2. The van der Waals surface area contributed by atoms with Crippen LogP contribution < -0.4 is 15.2 Å². The molecule has 0 fully saturated rings. The molecule has 0 saturated carbocycles. The number of halogens is 2. The van der Waals surface area contributed by atoms with Crippen molar-refractivity contribution in [2.75, 3.05) is 20.8 Å². The van der Waals surface area contributed by atoms with Gasteiger partial charge in [-0.1, -0.05) is 0 Å². The molecule has 0 saturated heterocycles. The van der Waals surface area contributed by atoms with Crippen LogP contribution in [0.15, 0.2) is 18.2 Å². The first-order valence-corrected chi connectivity index (χ1v) is 4.92. The van der Waals surface area contributed by atoms with Crippen molar-refractivity contribution >= 4 is 0 Å². The van der Waals surface area contributed by atoms with Crippen LogP contribution in [0, 0.1) is 0 Å². The Morgan fingerprint density at radius 3 is 2.47 bits per heavy atom. The van der Waals surface area contributed by atoms with Crippen LogP contribution in [-0.4, -0.2) is 31.9 Å². The molecule has 0 radical (unpaired) electrons. The van der Waals surface area contributed by atoms with E-state index in [1.165, 1.54) is 32.4 Å². The maximum atomic E-state index is 13.3. The van der Waals surface area contributed by atoms with Crippen molar-refractivity contribution in [2.45, 2.75) is 12.0 Å². The van der Waals surface area contributed by atoms with Gasteiger partial charge in [-0.15, -0.1) is 0 Å². The summed E-state index contributed by atoms with van der Waals surface area (Å²) in [4.78, 5) is 0. The lowest BCUT2D eigenvalue weighted by Crippen LogP contribution is -2.36. The molecule has 0 aliphatic rings. The van der Waals surface area contributed by atoms with Crippen molar-refractivity contribution in [1.29, 1.82) is 0 Å². The molecule has 0 unspecified atom stereocenters. The zero-order valence-corrected chi connectivity index (χ0v) is 9.61. The van der Waals surface area contributed by atoms with E-state index in [9.17, 15) is 8.78 Å². The lowest BCUT2D eigenvalue weighted by molar-refractivity contribution is -0.0715. The molecule has 1 atom stereocenters. The number of methoxy groups -OCH3 is 2. The van der Waals surface area contributed by atoms with Crippen molar-refractivity contribution in [1.82, 2.24) is 0 Å². The summed E-state index contributed by atoms with van der Waals surface area (Å²) in [7, 11) is 2.80. The third-order valence-corrected chi connectivity index (χ3v) is 2.44. The first-order valence-electron chi connectivity index (χ1n) is 4.92. The average molecular weight is 247 g/mol. The molecular formula is C11H15F2NO3. The van der Waals surface area contributed by atoms with E-state index in [-0.39, 0.29) is 11.3 Å². The zero-order chi connectivity index (χ0) is 13.1. The van der Waals surface area contributed by atoms with Gasteiger partial charge >= 0.3 is 0 Å². The zero-order valence-electron chi connectivity index (χ0n) is 9.61. The predicted molar refractivity (Wildman–Crippen MR) is 58.5 cm³/mol. The number of ether oxygens (including phenoxy) is 2. The van der Waals surface area contributed by atoms with Crippen LogP contribution in [0.4, 0.5) is 8.78 Å². The largest absolute Gasteiger partial charge is 0.497 e. The van der Waals surface area contributed by atoms with Gasteiger partial charge < -0.3 is 20.3 Å². The van der Waals surface area contributed by atoms with Gasteiger partial charge in [0.15, 0.2) is 0 Å². The van der Waals surface area contributed by atoms with Crippen LogP contribution >= 0.6 is 0 Å². The Hall–Kier alpha value is -1.40. The number of hydrogen-bond acceptors (Lipinski definition) is 4. The molecule has 4 nitrogen and oxygen atoms in total. The minimum Gasteiger partial charge on any atom is -0.497 e. The molecule has 0 spiro atoms. The van der Waals surface area contributed by atoms with Crippen molar-refractivity contribution in [3.05, 3.63) is 23.8 Å². The molecular weight excluding hydrogens is 232 g/mol. The first kappa shape index (κ1) is 13.7. The number of nitrogens with two attached hydrogens (primary N) is 1. The lowest BCUT2D eigenvalue weighted by Gasteiger charge is -2.23. The molecule has 1 aromatic carbocycles. The third-order valence-electron chi connectivity index (χ3n) is 2.44. The SMILES string of the molecule is COc1ccc([C@H](N)C(F)(F)CO)c(OC)c1. The first-order chi connectivity index (χ1) is 7.96. The minimum atomic E-state index is -3.40. The standard InChI is InChI=1S/C11H15F2NO3/c1-16-7-3-4-8(9(5-7)17-2)10(14)11(12,13)6-15/h3-5,10,15H,6,14H2,1-2H3/t10-/m0/s1. The van der Waals surface area contributed by atoms with E-state index in [2.05, 4.69) is 0 Å². The molecule has 0 heterocycles. The average Bonchev–Trinajstić information content (AvgIpc) is 2.36. The fourth-order valence-corrected chi connectivity index (χ4v) is 1.40. The molecule has 0 bridgehead atoms. The molecule has 0 aliphatic heterocycles. The van der Waals surface area contributed by atoms with Gasteiger partial charge in [-0.2, -0.15) is 0 Å². The van der Waals surface area contributed by atoms with Gasteiger partial charge in [0.25, 0.3) is 5.92 Å². The maximum absolute atomic E-state index is 13.3. The summed E-state index contributed by atoms with van der Waals surface area (Å²) in [6.45, 7) is -1.32. The van der Waals surface area contributed by atoms with E-state index in [0.717, 1.165) is 0 Å². The fourth-order valence-electron chi connectivity index (χ4n) is 1.40. The Bertz CT molecular complexity index is 385. The Labute approximate surface area is 97.9 Å².